The SMILES string of the molecule is COCCCCCCNC(=O)CCCC(C)=O. The Bertz CT molecular complexity index is 217. The molecule has 0 fully saturated rings. The van der Waals surface area contributed by atoms with E-state index < -0.39 is 0 Å². The van der Waals surface area contributed by atoms with Gasteiger partial charge in [-0.2, -0.15) is 0 Å². The minimum atomic E-state index is 0.0585. The van der Waals surface area contributed by atoms with Crippen LogP contribution in [0.5, 0.6) is 0 Å². The maximum absolute atomic E-state index is 11.3. The van der Waals surface area contributed by atoms with Crippen molar-refractivity contribution in [2.24, 2.45) is 0 Å². The standard InChI is InChI=1S/C13H25NO3/c1-12(15)8-7-9-13(16)14-10-5-3-4-6-11-17-2/h3-11H2,1-2H3,(H,14,16). The van der Waals surface area contributed by atoms with Crippen LogP contribution in [0.25, 0.3) is 0 Å². The maximum atomic E-state index is 11.3. The second-order valence-corrected chi connectivity index (χ2v) is 4.31. The van der Waals surface area contributed by atoms with E-state index in [4.69, 9.17) is 4.74 Å². The number of carbonyl (C=O) groups is 2. The Morgan fingerprint density at radius 2 is 1.71 bits per heavy atom. The number of amides is 1. The fourth-order valence-electron chi connectivity index (χ4n) is 1.54. The van der Waals surface area contributed by atoms with E-state index in [0.29, 0.717) is 19.3 Å². The lowest BCUT2D eigenvalue weighted by molar-refractivity contribution is -0.121. The monoisotopic (exact) mass is 243 g/mol. The minimum absolute atomic E-state index is 0.0585. The summed E-state index contributed by atoms with van der Waals surface area (Å²) in [4.78, 5) is 22.0. The second kappa shape index (κ2) is 11.6. The van der Waals surface area contributed by atoms with Gasteiger partial charge in [-0.05, 0) is 26.2 Å². The highest BCUT2D eigenvalue weighted by Crippen LogP contribution is 2.00. The molecule has 4 nitrogen and oxygen atoms in total. The van der Waals surface area contributed by atoms with Crippen LogP contribution in [0.15, 0.2) is 0 Å². The third-order valence-corrected chi connectivity index (χ3v) is 2.53. The van der Waals surface area contributed by atoms with Gasteiger partial charge in [-0.3, -0.25) is 4.79 Å². The molecule has 0 spiro atoms. The van der Waals surface area contributed by atoms with Gasteiger partial charge < -0.3 is 14.8 Å². The van der Waals surface area contributed by atoms with E-state index >= 15 is 0 Å². The third-order valence-electron chi connectivity index (χ3n) is 2.53. The molecule has 1 amide bonds. The van der Waals surface area contributed by atoms with E-state index in [9.17, 15) is 9.59 Å². The Labute approximate surface area is 104 Å². The number of rotatable bonds is 11. The van der Waals surface area contributed by atoms with E-state index in [1.807, 2.05) is 0 Å². The molecule has 0 heterocycles. The largest absolute Gasteiger partial charge is 0.385 e. The molecule has 0 aliphatic carbocycles. The number of ketones is 1. The van der Waals surface area contributed by atoms with Crippen molar-refractivity contribution in [2.75, 3.05) is 20.3 Å². The van der Waals surface area contributed by atoms with Crippen molar-refractivity contribution in [2.45, 2.75) is 51.9 Å². The summed E-state index contributed by atoms with van der Waals surface area (Å²) in [6.45, 7) is 3.11. The van der Waals surface area contributed by atoms with Crippen LogP contribution in [0.2, 0.25) is 0 Å². The molecule has 0 aromatic rings. The Morgan fingerprint density at radius 1 is 1.00 bits per heavy atom. The Morgan fingerprint density at radius 3 is 2.35 bits per heavy atom. The molecule has 17 heavy (non-hydrogen) atoms. The number of hydrogen-bond donors (Lipinski definition) is 1. The maximum Gasteiger partial charge on any atom is 0.220 e. The molecule has 0 rings (SSSR count). The number of nitrogens with one attached hydrogen (secondary N) is 1. The Kier molecular flexibility index (Phi) is 11.0. The third kappa shape index (κ3) is 13.0. The summed E-state index contributed by atoms with van der Waals surface area (Å²) in [5, 5.41) is 2.87. The molecule has 1 N–H and O–H groups in total. The number of unbranched alkanes of at least 4 members (excludes halogenated alkanes) is 3. The van der Waals surface area contributed by atoms with E-state index in [1.54, 1.807) is 14.0 Å². The molecule has 0 saturated heterocycles. The van der Waals surface area contributed by atoms with Crippen LogP contribution < -0.4 is 5.32 Å². The first kappa shape index (κ1) is 16.1. The molecule has 0 saturated carbocycles. The molecule has 0 radical (unpaired) electrons. The van der Waals surface area contributed by atoms with Crippen molar-refractivity contribution in [1.29, 1.82) is 0 Å². The molecular weight excluding hydrogens is 218 g/mol. The topological polar surface area (TPSA) is 55.4 Å². The molecule has 0 aromatic heterocycles. The number of ether oxygens (including phenoxy) is 1. The van der Waals surface area contributed by atoms with Crippen LogP contribution in [-0.4, -0.2) is 32.0 Å². The van der Waals surface area contributed by atoms with Crippen LogP contribution in [0, 0.1) is 0 Å². The van der Waals surface area contributed by atoms with Crippen molar-refractivity contribution in [1.82, 2.24) is 5.32 Å². The summed E-state index contributed by atoms with van der Waals surface area (Å²) < 4.78 is 4.95. The molecule has 0 unspecified atom stereocenters. The molecule has 0 bridgehead atoms. The number of Topliss-reactive ketones (excluding diaryl/α,β-unsaturated/α-hetero) is 1. The van der Waals surface area contributed by atoms with Crippen molar-refractivity contribution in [3.05, 3.63) is 0 Å². The number of carbonyl (C=O) groups excluding carboxylic acids is 2. The normalized spacial score (nSPS) is 10.2. The molecule has 0 aromatic carbocycles. The molecule has 4 heteroatoms. The van der Waals surface area contributed by atoms with Gasteiger partial charge in [-0.15, -0.1) is 0 Å². The smallest absolute Gasteiger partial charge is 0.220 e. The van der Waals surface area contributed by atoms with Crippen molar-refractivity contribution in [3.8, 4) is 0 Å². The summed E-state index contributed by atoms with van der Waals surface area (Å²) in [6.07, 6.45) is 6.00. The van der Waals surface area contributed by atoms with E-state index in [2.05, 4.69) is 5.32 Å². The van der Waals surface area contributed by atoms with Gasteiger partial charge in [0.15, 0.2) is 0 Å². The van der Waals surface area contributed by atoms with Gasteiger partial charge in [0, 0.05) is 33.1 Å². The highest BCUT2D eigenvalue weighted by molar-refractivity contribution is 5.78. The van der Waals surface area contributed by atoms with Gasteiger partial charge in [0.2, 0.25) is 5.91 Å². The predicted molar refractivity (Wildman–Crippen MR) is 67.9 cm³/mol. The van der Waals surface area contributed by atoms with E-state index in [1.165, 1.54) is 0 Å². The zero-order valence-electron chi connectivity index (χ0n) is 11.1. The minimum Gasteiger partial charge on any atom is -0.385 e. The van der Waals surface area contributed by atoms with E-state index in [-0.39, 0.29) is 11.7 Å². The zero-order valence-corrected chi connectivity index (χ0v) is 11.1. The average molecular weight is 243 g/mol. The Balaban J connectivity index is 3.19. The zero-order chi connectivity index (χ0) is 12.9. The molecule has 100 valence electrons. The van der Waals surface area contributed by atoms with Gasteiger partial charge in [0.25, 0.3) is 0 Å². The summed E-state index contributed by atoms with van der Waals surface area (Å²) in [7, 11) is 1.71. The summed E-state index contributed by atoms with van der Waals surface area (Å²) in [6, 6.07) is 0. The summed E-state index contributed by atoms with van der Waals surface area (Å²) in [5.41, 5.74) is 0. The quantitative estimate of drug-likeness (QED) is 0.565. The molecular formula is C13H25NO3. The lowest BCUT2D eigenvalue weighted by atomic mass is 10.2. The first-order chi connectivity index (χ1) is 8.16. The number of hydrogen-bond acceptors (Lipinski definition) is 3. The summed E-state index contributed by atoms with van der Waals surface area (Å²) >= 11 is 0. The predicted octanol–water partition coefficient (Wildman–Crippen LogP) is 2.07. The fourth-order valence-corrected chi connectivity index (χ4v) is 1.54. The lowest BCUT2D eigenvalue weighted by Crippen LogP contribution is -2.24. The van der Waals surface area contributed by atoms with Gasteiger partial charge >= 0.3 is 0 Å². The highest BCUT2D eigenvalue weighted by atomic mass is 16.5. The first-order valence-electron chi connectivity index (χ1n) is 6.42. The first-order valence-corrected chi connectivity index (χ1v) is 6.42. The van der Waals surface area contributed by atoms with Crippen LogP contribution in [-0.2, 0) is 14.3 Å². The summed E-state index contributed by atoms with van der Waals surface area (Å²) in [5.74, 6) is 0.207. The number of methoxy groups -OCH3 is 1. The van der Waals surface area contributed by atoms with Crippen LogP contribution in [0.4, 0.5) is 0 Å². The van der Waals surface area contributed by atoms with Gasteiger partial charge in [0.05, 0.1) is 0 Å². The van der Waals surface area contributed by atoms with Crippen molar-refractivity contribution >= 4 is 11.7 Å². The van der Waals surface area contributed by atoms with Gasteiger partial charge in [-0.25, -0.2) is 0 Å². The van der Waals surface area contributed by atoms with E-state index in [0.717, 1.165) is 38.8 Å². The van der Waals surface area contributed by atoms with Crippen LogP contribution in [0.3, 0.4) is 0 Å². The van der Waals surface area contributed by atoms with Gasteiger partial charge in [0.1, 0.15) is 5.78 Å². The molecule has 0 atom stereocenters. The fraction of sp³-hybridized carbons (Fsp3) is 0.846. The van der Waals surface area contributed by atoms with Crippen LogP contribution >= 0.6 is 0 Å². The average Bonchev–Trinajstić information content (AvgIpc) is 2.27. The van der Waals surface area contributed by atoms with Crippen LogP contribution in [0.1, 0.15) is 51.9 Å². The van der Waals surface area contributed by atoms with Crippen molar-refractivity contribution in [3.63, 3.8) is 0 Å². The molecule has 0 aliphatic heterocycles. The lowest BCUT2D eigenvalue weighted by Gasteiger charge is -2.04. The second-order valence-electron chi connectivity index (χ2n) is 4.31. The Hall–Kier alpha value is -0.900. The van der Waals surface area contributed by atoms with Crippen molar-refractivity contribution < 1.29 is 14.3 Å². The highest BCUT2D eigenvalue weighted by Gasteiger charge is 2.01. The van der Waals surface area contributed by atoms with Gasteiger partial charge in [-0.1, -0.05) is 12.8 Å². The molecule has 0 aliphatic rings.